The number of hydrogen-bond acceptors (Lipinski definition) is 3. The number of hydrogen-bond donors (Lipinski definition) is 2. The molecule has 0 spiro atoms. The Morgan fingerprint density at radius 1 is 1.29 bits per heavy atom. The molecular weight excluding hydrogens is 200 g/mol. The lowest BCUT2D eigenvalue weighted by Crippen LogP contribution is -2.15. The molecule has 0 radical (unpaired) electrons. The largest absolute Gasteiger partial charge is 0.497 e. The van der Waals surface area contributed by atoms with E-state index in [4.69, 9.17) is 16.2 Å². The van der Waals surface area contributed by atoms with Crippen molar-refractivity contribution >= 4 is 12.4 Å². The van der Waals surface area contributed by atoms with E-state index < -0.39 is 0 Å². The van der Waals surface area contributed by atoms with E-state index in [0.717, 1.165) is 17.7 Å². The molecule has 4 heteroatoms. The Morgan fingerprint density at radius 2 is 1.86 bits per heavy atom. The smallest absolute Gasteiger partial charge is 0.118 e. The zero-order valence-electron chi connectivity index (χ0n) is 8.27. The van der Waals surface area contributed by atoms with Gasteiger partial charge in [-0.05, 0) is 30.7 Å². The maximum Gasteiger partial charge on any atom is 0.118 e. The second-order valence-electron chi connectivity index (χ2n) is 2.96. The van der Waals surface area contributed by atoms with Crippen LogP contribution in [-0.4, -0.2) is 13.7 Å². The average Bonchev–Trinajstić information content (AvgIpc) is 2.18. The lowest BCUT2D eigenvalue weighted by atomic mass is 10.1. The van der Waals surface area contributed by atoms with Crippen LogP contribution in [0.3, 0.4) is 0 Å². The normalized spacial score (nSPS) is 11.6. The monoisotopic (exact) mass is 216 g/mol. The van der Waals surface area contributed by atoms with Crippen molar-refractivity contribution in [3.8, 4) is 5.75 Å². The summed E-state index contributed by atoms with van der Waals surface area (Å²) in [4.78, 5) is 0. The second kappa shape index (κ2) is 6.65. The number of ether oxygens (including phenoxy) is 1. The number of benzene rings is 1. The summed E-state index contributed by atoms with van der Waals surface area (Å²) in [5, 5.41) is 0. The van der Waals surface area contributed by atoms with Crippen LogP contribution in [0.4, 0.5) is 0 Å². The molecule has 1 aromatic carbocycles. The van der Waals surface area contributed by atoms with Gasteiger partial charge in [0.1, 0.15) is 5.75 Å². The molecule has 0 saturated carbocycles. The Bertz CT molecular complexity index is 251. The van der Waals surface area contributed by atoms with Gasteiger partial charge in [-0.15, -0.1) is 12.4 Å². The summed E-state index contributed by atoms with van der Waals surface area (Å²) >= 11 is 0. The van der Waals surface area contributed by atoms with Crippen LogP contribution in [0.25, 0.3) is 0 Å². The van der Waals surface area contributed by atoms with Crippen molar-refractivity contribution in [2.75, 3.05) is 13.7 Å². The summed E-state index contributed by atoms with van der Waals surface area (Å²) in [5.74, 6) is 0.851. The van der Waals surface area contributed by atoms with Crippen molar-refractivity contribution in [1.82, 2.24) is 0 Å². The van der Waals surface area contributed by atoms with Crippen molar-refractivity contribution in [2.45, 2.75) is 12.5 Å². The highest BCUT2D eigenvalue weighted by atomic mass is 35.5. The topological polar surface area (TPSA) is 61.3 Å². The van der Waals surface area contributed by atoms with Crippen LogP contribution >= 0.6 is 12.4 Å². The minimum atomic E-state index is 0. The van der Waals surface area contributed by atoms with Gasteiger partial charge in [0.05, 0.1) is 7.11 Å². The van der Waals surface area contributed by atoms with E-state index in [1.54, 1.807) is 7.11 Å². The zero-order chi connectivity index (χ0) is 9.68. The summed E-state index contributed by atoms with van der Waals surface area (Å²) < 4.78 is 5.04. The Hall–Kier alpha value is -0.770. The molecule has 0 unspecified atom stereocenters. The van der Waals surface area contributed by atoms with Crippen molar-refractivity contribution < 1.29 is 4.74 Å². The minimum Gasteiger partial charge on any atom is -0.497 e. The number of nitrogens with two attached hydrogens (primary N) is 2. The average molecular weight is 217 g/mol. The molecule has 1 atom stereocenters. The van der Waals surface area contributed by atoms with Gasteiger partial charge in [0.15, 0.2) is 0 Å². The maximum absolute atomic E-state index is 5.88. The summed E-state index contributed by atoms with van der Waals surface area (Å²) in [5.41, 5.74) is 12.4. The van der Waals surface area contributed by atoms with Crippen LogP contribution in [0.2, 0.25) is 0 Å². The van der Waals surface area contributed by atoms with E-state index in [-0.39, 0.29) is 18.4 Å². The van der Waals surface area contributed by atoms with Crippen LogP contribution in [0, 0.1) is 0 Å². The third kappa shape index (κ3) is 3.54. The molecule has 1 rings (SSSR count). The van der Waals surface area contributed by atoms with E-state index in [2.05, 4.69) is 0 Å². The third-order valence-corrected chi connectivity index (χ3v) is 2.02. The summed E-state index contributed by atoms with van der Waals surface area (Å²) in [6, 6.07) is 7.80. The molecule has 1 aromatic rings. The Labute approximate surface area is 90.8 Å². The highest BCUT2D eigenvalue weighted by molar-refractivity contribution is 5.85. The quantitative estimate of drug-likeness (QED) is 0.801. The number of rotatable bonds is 4. The maximum atomic E-state index is 5.88. The zero-order valence-corrected chi connectivity index (χ0v) is 9.09. The van der Waals surface area contributed by atoms with E-state index in [0.29, 0.717) is 6.54 Å². The molecule has 0 heterocycles. The fourth-order valence-electron chi connectivity index (χ4n) is 1.20. The lowest BCUT2D eigenvalue weighted by molar-refractivity contribution is 0.414. The molecular formula is C10H17ClN2O. The predicted molar refractivity (Wildman–Crippen MR) is 60.8 cm³/mol. The van der Waals surface area contributed by atoms with E-state index in [1.165, 1.54) is 0 Å². The van der Waals surface area contributed by atoms with Crippen LogP contribution in [0.5, 0.6) is 5.75 Å². The van der Waals surface area contributed by atoms with Crippen LogP contribution in [0.15, 0.2) is 24.3 Å². The van der Waals surface area contributed by atoms with Crippen molar-refractivity contribution in [3.05, 3.63) is 29.8 Å². The SMILES string of the molecule is COc1ccc([C@H](N)CCN)cc1.Cl. The lowest BCUT2D eigenvalue weighted by Gasteiger charge is -2.10. The van der Waals surface area contributed by atoms with Crippen molar-refractivity contribution in [1.29, 1.82) is 0 Å². The molecule has 0 saturated heterocycles. The second-order valence-corrected chi connectivity index (χ2v) is 2.96. The van der Waals surface area contributed by atoms with Gasteiger partial charge in [0, 0.05) is 6.04 Å². The highest BCUT2D eigenvalue weighted by Gasteiger charge is 2.03. The third-order valence-electron chi connectivity index (χ3n) is 2.02. The molecule has 0 aliphatic carbocycles. The molecule has 0 amide bonds. The molecule has 0 aliphatic heterocycles. The fourth-order valence-corrected chi connectivity index (χ4v) is 1.20. The van der Waals surface area contributed by atoms with Gasteiger partial charge in [-0.2, -0.15) is 0 Å². The number of methoxy groups -OCH3 is 1. The molecule has 0 aromatic heterocycles. The van der Waals surface area contributed by atoms with Gasteiger partial charge in [-0.1, -0.05) is 12.1 Å². The van der Waals surface area contributed by atoms with Crippen LogP contribution < -0.4 is 16.2 Å². The highest BCUT2D eigenvalue weighted by Crippen LogP contribution is 2.17. The van der Waals surface area contributed by atoms with Gasteiger partial charge in [-0.3, -0.25) is 0 Å². The van der Waals surface area contributed by atoms with Gasteiger partial charge < -0.3 is 16.2 Å². The Kier molecular flexibility index (Phi) is 6.28. The standard InChI is InChI=1S/C10H16N2O.ClH/c1-13-9-4-2-8(3-5-9)10(12)6-7-11;/h2-5,10H,6-7,11-12H2,1H3;1H/t10-;/m1./s1. The predicted octanol–water partition coefficient (Wildman–Crippen LogP) is 1.47. The van der Waals surface area contributed by atoms with E-state index in [1.807, 2.05) is 24.3 Å². The molecule has 0 bridgehead atoms. The molecule has 14 heavy (non-hydrogen) atoms. The summed E-state index contributed by atoms with van der Waals surface area (Å²) in [6.45, 7) is 0.618. The Morgan fingerprint density at radius 3 is 2.29 bits per heavy atom. The first-order valence-corrected chi connectivity index (χ1v) is 4.37. The van der Waals surface area contributed by atoms with Gasteiger partial charge >= 0.3 is 0 Å². The van der Waals surface area contributed by atoms with Gasteiger partial charge in [0.25, 0.3) is 0 Å². The van der Waals surface area contributed by atoms with Crippen molar-refractivity contribution in [3.63, 3.8) is 0 Å². The number of halogens is 1. The summed E-state index contributed by atoms with van der Waals surface area (Å²) in [7, 11) is 1.65. The van der Waals surface area contributed by atoms with Crippen LogP contribution in [-0.2, 0) is 0 Å². The summed E-state index contributed by atoms with van der Waals surface area (Å²) in [6.07, 6.45) is 0.812. The van der Waals surface area contributed by atoms with Gasteiger partial charge in [-0.25, -0.2) is 0 Å². The minimum absolute atomic E-state index is 0. The molecule has 80 valence electrons. The molecule has 0 fully saturated rings. The first-order valence-electron chi connectivity index (χ1n) is 4.37. The molecule has 3 nitrogen and oxygen atoms in total. The first-order chi connectivity index (χ1) is 6.27. The molecule has 0 aliphatic rings. The fraction of sp³-hybridized carbons (Fsp3) is 0.400. The van der Waals surface area contributed by atoms with E-state index in [9.17, 15) is 0 Å². The first kappa shape index (κ1) is 13.2. The molecule has 4 N–H and O–H groups in total. The Balaban J connectivity index is 0.00000169. The van der Waals surface area contributed by atoms with E-state index >= 15 is 0 Å². The van der Waals surface area contributed by atoms with Gasteiger partial charge in [0.2, 0.25) is 0 Å². The van der Waals surface area contributed by atoms with Crippen LogP contribution in [0.1, 0.15) is 18.0 Å². The van der Waals surface area contributed by atoms with Crippen molar-refractivity contribution in [2.24, 2.45) is 11.5 Å².